The smallest absolute Gasteiger partial charge is 0.416 e. The number of hydrogen-bond donors (Lipinski definition) is 0. The van der Waals surface area contributed by atoms with E-state index in [1.165, 1.54) is 39.7 Å². The average Bonchev–Trinajstić information content (AvgIpc) is 2.94. The molecule has 0 unspecified atom stereocenters. The van der Waals surface area contributed by atoms with Crippen LogP contribution in [0.3, 0.4) is 0 Å². The van der Waals surface area contributed by atoms with Gasteiger partial charge >= 0.3 is 12.1 Å². The van der Waals surface area contributed by atoms with Gasteiger partial charge in [-0.1, -0.05) is 36.4 Å². The van der Waals surface area contributed by atoms with E-state index in [-0.39, 0.29) is 18.5 Å². The maximum atomic E-state index is 13.3. The molecule has 3 aromatic carbocycles. The van der Waals surface area contributed by atoms with E-state index in [0.717, 1.165) is 17.1 Å². The van der Waals surface area contributed by atoms with Crippen molar-refractivity contribution in [2.24, 2.45) is 5.10 Å². The number of hydrazone groups is 1. The molecule has 0 fully saturated rings. The van der Waals surface area contributed by atoms with E-state index >= 15 is 0 Å². The molecule has 0 saturated carbocycles. The second-order valence-electron chi connectivity index (χ2n) is 8.10. The number of amides is 1. The lowest BCUT2D eigenvalue weighted by molar-refractivity contribution is -0.147. The Kier molecular flexibility index (Phi) is 9.91. The highest BCUT2D eigenvalue weighted by Gasteiger charge is 2.31. The predicted molar refractivity (Wildman–Crippen MR) is 138 cm³/mol. The van der Waals surface area contributed by atoms with Crippen LogP contribution < -0.4 is 19.2 Å². The first-order valence-corrected chi connectivity index (χ1v) is 11.7. The molecule has 0 aromatic heterocycles. The van der Waals surface area contributed by atoms with Gasteiger partial charge in [-0.05, 0) is 47.9 Å². The SMILES string of the molecule is COc1cc(CCC(=O)OCC(=O)N(/N=C/c2ccccc2)c2cccc(C(F)(F)F)c2)cc(OC)c1OC. The average molecular weight is 545 g/mol. The van der Waals surface area contributed by atoms with E-state index in [0.29, 0.717) is 28.4 Å². The van der Waals surface area contributed by atoms with E-state index in [1.807, 2.05) is 0 Å². The van der Waals surface area contributed by atoms with Gasteiger partial charge in [0.2, 0.25) is 5.75 Å². The molecule has 3 aromatic rings. The molecule has 0 aliphatic rings. The molecule has 0 spiro atoms. The molecule has 1 amide bonds. The summed E-state index contributed by atoms with van der Waals surface area (Å²) in [5.41, 5.74) is 0.237. The summed E-state index contributed by atoms with van der Waals surface area (Å²) in [6.07, 6.45) is -3.13. The Morgan fingerprint density at radius 3 is 2.15 bits per heavy atom. The van der Waals surface area contributed by atoms with Crippen LogP contribution in [0.15, 0.2) is 71.8 Å². The minimum absolute atomic E-state index is 0.0806. The molecule has 0 atom stereocenters. The lowest BCUT2D eigenvalue weighted by atomic mass is 10.1. The number of hydrogen-bond acceptors (Lipinski definition) is 7. The lowest BCUT2D eigenvalue weighted by Gasteiger charge is -2.18. The fraction of sp³-hybridized carbons (Fsp3) is 0.250. The number of carbonyl (C=O) groups is 2. The molecule has 11 heteroatoms. The van der Waals surface area contributed by atoms with Gasteiger partial charge in [0.25, 0.3) is 5.91 Å². The van der Waals surface area contributed by atoms with Crippen molar-refractivity contribution in [2.45, 2.75) is 19.0 Å². The normalized spacial score (nSPS) is 11.2. The van der Waals surface area contributed by atoms with E-state index in [9.17, 15) is 22.8 Å². The zero-order valence-corrected chi connectivity index (χ0v) is 21.5. The maximum Gasteiger partial charge on any atom is 0.416 e. The molecular weight excluding hydrogens is 517 g/mol. The number of halogens is 3. The van der Waals surface area contributed by atoms with Crippen molar-refractivity contribution in [2.75, 3.05) is 32.9 Å². The van der Waals surface area contributed by atoms with E-state index < -0.39 is 30.2 Å². The molecule has 0 aliphatic carbocycles. The van der Waals surface area contributed by atoms with Crippen LogP contribution in [0.1, 0.15) is 23.1 Å². The second-order valence-corrected chi connectivity index (χ2v) is 8.10. The molecule has 39 heavy (non-hydrogen) atoms. The monoisotopic (exact) mass is 544 g/mol. The number of ether oxygens (including phenoxy) is 4. The molecule has 206 valence electrons. The summed E-state index contributed by atoms with van der Waals surface area (Å²) < 4.78 is 60.8. The molecule has 0 bridgehead atoms. The van der Waals surface area contributed by atoms with Crippen LogP contribution in [0.25, 0.3) is 0 Å². The van der Waals surface area contributed by atoms with Gasteiger partial charge in [-0.15, -0.1) is 0 Å². The summed E-state index contributed by atoms with van der Waals surface area (Å²) in [6, 6.07) is 16.2. The zero-order chi connectivity index (χ0) is 28.4. The van der Waals surface area contributed by atoms with E-state index in [1.54, 1.807) is 42.5 Å². The highest BCUT2D eigenvalue weighted by Crippen LogP contribution is 2.38. The fourth-order valence-electron chi connectivity index (χ4n) is 3.55. The number of alkyl halides is 3. The fourth-order valence-corrected chi connectivity index (χ4v) is 3.55. The first-order valence-electron chi connectivity index (χ1n) is 11.7. The maximum absolute atomic E-state index is 13.3. The van der Waals surface area contributed by atoms with E-state index in [2.05, 4.69) is 5.10 Å². The highest BCUT2D eigenvalue weighted by atomic mass is 19.4. The van der Waals surface area contributed by atoms with Crippen LogP contribution in [0.5, 0.6) is 17.2 Å². The van der Waals surface area contributed by atoms with Crippen molar-refractivity contribution in [3.8, 4) is 17.2 Å². The molecule has 0 aliphatic heterocycles. The van der Waals surface area contributed by atoms with Crippen molar-refractivity contribution >= 4 is 23.8 Å². The zero-order valence-electron chi connectivity index (χ0n) is 21.5. The van der Waals surface area contributed by atoms with Gasteiger partial charge in [0.1, 0.15) is 0 Å². The summed E-state index contributed by atoms with van der Waals surface area (Å²) in [7, 11) is 4.41. The molecule has 8 nitrogen and oxygen atoms in total. The number of aryl methyl sites for hydroxylation is 1. The molecule has 0 radical (unpaired) electrons. The third-order valence-corrected chi connectivity index (χ3v) is 5.48. The summed E-state index contributed by atoms with van der Waals surface area (Å²) in [5, 5.41) is 4.85. The Morgan fingerprint density at radius 1 is 0.897 bits per heavy atom. The minimum atomic E-state index is -4.62. The number of rotatable bonds is 11. The number of carbonyl (C=O) groups excluding carboxylic acids is 2. The first-order chi connectivity index (χ1) is 18.7. The van der Waals surface area contributed by atoms with Gasteiger partial charge in [-0.3, -0.25) is 9.59 Å². The standard InChI is InChI=1S/C28H27F3N2O6/c1-36-23-14-20(15-24(37-2)27(23)38-3)12-13-26(35)39-18-25(34)33(32-17-19-8-5-4-6-9-19)22-11-7-10-21(16-22)28(29,30)31/h4-11,14-17H,12-13,18H2,1-3H3/b32-17+. The van der Waals surface area contributed by atoms with Gasteiger partial charge < -0.3 is 18.9 Å². The quantitative estimate of drug-likeness (QED) is 0.186. The van der Waals surface area contributed by atoms with Crippen molar-refractivity contribution in [3.05, 3.63) is 83.4 Å². The van der Waals surface area contributed by atoms with Crippen molar-refractivity contribution in [1.82, 2.24) is 0 Å². The van der Waals surface area contributed by atoms with Crippen LogP contribution in [-0.2, 0) is 26.9 Å². The topological polar surface area (TPSA) is 86.7 Å². The molecular formula is C28H27F3N2O6. The minimum Gasteiger partial charge on any atom is -0.493 e. The summed E-state index contributed by atoms with van der Waals surface area (Å²) in [6.45, 7) is -0.726. The molecule has 0 heterocycles. The number of methoxy groups -OCH3 is 3. The highest BCUT2D eigenvalue weighted by molar-refractivity contribution is 5.96. The Hall–Kier alpha value is -4.54. The second kappa shape index (κ2) is 13.3. The third kappa shape index (κ3) is 7.97. The molecule has 0 saturated heterocycles. The largest absolute Gasteiger partial charge is 0.493 e. The Morgan fingerprint density at radius 2 is 1.56 bits per heavy atom. The van der Waals surface area contributed by atoms with Crippen molar-refractivity contribution < 1.29 is 41.7 Å². The van der Waals surface area contributed by atoms with Gasteiger partial charge in [-0.25, -0.2) is 0 Å². The number of benzene rings is 3. The molecule has 0 N–H and O–H groups in total. The first kappa shape index (κ1) is 29.0. The van der Waals surface area contributed by atoms with Crippen LogP contribution in [0.2, 0.25) is 0 Å². The summed E-state index contributed by atoms with van der Waals surface area (Å²) in [4.78, 5) is 25.4. The van der Waals surface area contributed by atoms with Crippen molar-refractivity contribution in [1.29, 1.82) is 0 Å². The van der Waals surface area contributed by atoms with Crippen molar-refractivity contribution in [3.63, 3.8) is 0 Å². The molecule has 3 rings (SSSR count). The number of anilines is 1. The van der Waals surface area contributed by atoms with Gasteiger partial charge in [0.15, 0.2) is 18.1 Å². The Bertz CT molecular complexity index is 1290. The van der Waals surface area contributed by atoms with Crippen LogP contribution in [-0.4, -0.2) is 46.0 Å². The third-order valence-electron chi connectivity index (χ3n) is 5.48. The Labute approximate surface area is 223 Å². The van der Waals surface area contributed by atoms with Crippen LogP contribution >= 0.6 is 0 Å². The summed E-state index contributed by atoms with van der Waals surface area (Å²) >= 11 is 0. The van der Waals surface area contributed by atoms with Crippen LogP contribution in [0.4, 0.5) is 18.9 Å². The lowest BCUT2D eigenvalue weighted by Crippen LogP contribution is -2.31. The van der Waals surface area contributed by atoms with E-state index in [4.69, 9.17) is 18.9 Å². The van der Waals surface area contributed by atoms with Gasteiger partial charge in [0, 0.05) is 6.42 Å². The number of esters is 1. The summed E-state index contributed by atoms with van der Waals surface area (Å²) in [5.74, 6) is -0.273. The number of nitrogens with zero attached hydrogens (tertiary/aromatic N) is 2. The van der Waals surface area contributed by atoms with Crippen LogP contribution in [0, 0.1) is 0 Å². The van der Waals surface area contributed by atoms with Gasteiger partial charge in [0.05, 0.1) is 38.8 Å². The Balaban J connectivity index is 1.71. The van der Waals surface area contributed by atoms with Gasteiger partial charge in [-0.2, -0.15) is 23.3 Å². The predicted octanol–water partition coefficient (Wildman–Crippen LogP) is 5.27.